The SMILES string of the molecule is CC(=O)c1c(C)c2cnc(Nc3ccc(N4CCN(C5CCN(CC(F)(F)c6cccc(C7CCC(=O)NC7=O)c6)CC5)CC4)cn3)nc2n(C2CCCC2)c1=O. The number of imide groups is 1. The largest absolute Gasteiger partial charge is 0.368 e. The molecule has 57 heavy (non-hydrogen) atoms. The van der Waals surface area contributed by atoms with E-state index in [1.807, 2.05) is 23.2 Å². The highest BCUT2D eigenvalue weighted by Crippen LogP contribution is 2.35. The number of piperazine rings is 1. The van der Waals surface area contributed by atoms with E-state index < -0.39 is 17.7 Å². The molecule has 3 saturated heterocycles. The topological polar surface area (TPSA) is 146 Å². The number of carbonyl (C=O) groups excluding carboxylic acids is 3. The molecule has 4 fully saturated rings. The van der Waals surface area contributed by atoms with E-state index >= 15 is 8.78 Å². The van der Waals surface area contributed by atoms with Crippen molar-refractivity contribution in [2.45, 2.75) is 89.1 Å². The summed E-state index contributed by atoms with van der Waals surface area (Å²) in [5.74, 6) is -3.78. The predicted molar refractivity (Wildman–Crippen MR) is 212 cm³/mol. The van der Waals surface area contributed by atoms with E-state index in [4.69, 9.17) is 4.98 Å². The zero-order valence-electron chi connectivity index (χ0n) is 32.5. The lowest BCUT2D eigenvalue weighted by molar-refractivity contribution is -0.134. The van der Waals surface area contributed by atoms with Gasteiger partial charge in [-0.3, -0.25) is 38.9 Å². The number of hydrogen-bond acceptors (Lipinski definition) is 11. The third-order valence-electron chi connectivity index (χ3n) is 12.4. The monoisotopic (exact) mass is 781 g/mol. The molecule has 2 N–H and O–H groups in total. The van der Waals surface area contributed by atoms with Crippen LogP contribution in [0.5, 0.6) is 0 Å². The molecule has 1 aliphatic carbocycles. The molecule has 13 nitrogen and oxygen atoms in total. The fourth-order valence-corrected chi connectivity index (χ4v) is 9.22. The number of pyridine rings is 2. The van der Waals surface area contributed by atoms with E-state index in [0.717, 1.165) is 70.4 Å². The van der Waals surface area contributed by atoms with Crippen molar-refractivity contribution in [2.75, 3.05) is 56.0 Å². The number of aryl methyl sites for hydroxylation is 1. The summed E-state index contributed by atoms with van der Waals surface area (Å²) in [5, 5.41) is 6.21. The maximum atomic E-state index is 15.6. The number of fused-ring (bicyclic) bond motifs is 1. The number of anilines is 3. The van der Waals surface area contributed by atoms with Crippen LogP contribution in [-0.4, -0.2) is 98.8 Å². The molecule has 0 bridgehead atoms. The Morgan fingerprint density at radius 3 is 2.35 bits per heavy atom. The molecule has 1 atom stereocenters. The summed E-state index contributed by atoms with van der Waals surface area (Å²) in [6, 6.07) is 10.3. The van der Waals surface area contributed by atoms with Gasteiger partial charge in [-0.05, 0) is 88.4 Å². The first-order valence-corrected chi connectivity index (χ1v) is 20.1. The molecule has 300 valence electrons. The van der Waals surface area contributed by atoms with Crippen LogP contribution in [-0.2, 0) is 15.5 Å². The number of hydrogen-bond donors (Lipinski definition) is 2. The lowest BCUT2D eigenvalue weighted by atomic mass is 9.89. The molecule has 1 saturated carbocycles. The Kier molecular flexibility index (Phi) is 10.9. The second-order valence-corrected chi connectivity index (χ2v) is 16.0. The molecule has 8 rings (SSSR count). The van der Waals surface area contributed by atoms with Crippen LogP contribution in [0, 0.1) is 6.92 Å². The fourth-order valence-electron chi connectivity index (χ4n) is 9.22. The molecule has 6 heterocycles. The van der Waals surface area contributed by atoms with Crippen molar-refractivity contribution in [3.05, 3.63) is 81.4 Å². The lowest BCUT2D eigenvalue weighted by Gasteiger charge is -2.43. The number of nitrogens with zero attached hydrogens (tertiary/aromatic N) is 7. The van der Waals surface area contributed by atoms with Crippen LogP contribution in [0.4, 0.5) is 26.2 Å². The number of likely N-dealkylation sites (tertiary alicyclic amines) is 1. The average Bonchev–Trinajstić information content (AvgIpc) is 3.73. The normalized spacial score (nSPS) is 20.6. The van der Waals surface area contributed by atoms with Crippen LogP contribution in [0.1, 0.15) is 97.3 Å². The van der Waals surface area contributed by atoms with Gasteiger partial charge in [0.25, 0.3) is 11.5 Å². The molecule has 0 radical (unpaired) electrons. The van der Waals surface area contributed by atoms with Crippen molar-refractivity contribution in [3.63, 3.8) is 0 Å². The Morgan fingerprint density at radius 2 is 1.67 bits per heavy atom. The van der Waals surface area contributed by atoms with E-state index in [1.165, 1.54) is 19.1 Å². The van der Waals surface area contributed by atoms with Crippen molar-refractivity contribution in [1.29, 1.82) is 0 Å². The summed E-state index contributed by atoms with van der Waals surface area (Å²) in [7, 11) is 0. The van der Waals surface area contributed by atoms with Crippen LogP contribution in [0.2, 0.25) is 0 Å². The second-order valence-electron chi connectivity index (χ2n) is 16.0. The number of halogens is 2. The van der Waals surface area contributed by atoms with Crippen molar-refractivity contribution < 1.29 is 23.2 Å². The summed E-state index contributed by atoms with van der Waals surface area (Å²) in [4.78, 5) is 70.5. The van der Waals surface area contributed by atoms with Crippen LogP contribution >= 0.6 is 0 Å². The van der Waals surface area contributed by atoms with Gasteiger partial charge in [0.1, 0.15) is 11.5 Å². The summed E-state index contributed by atoms with van der Waals surface area (Å²) in [5.41, 5.74) is 2.46. The number of aromatic nitrogens is 4. The van der Waals surface area contributed by atoms with Gasteiger partial charge in [-0.1, -0.05) is 31.0 Å². The van der Waals surface area contributed by atoms with Crippen molar-refractivity contribution in [3.8, 4) is 0 Å². The first kappa shape index (κ1) is 38.7. The van der Waals surface area contributed by atoms with Gasteiger partial charge in [0.05, 0.1) is 29.9 Å². The smallest absolute Gasteiger partial charge is 0.285 e. The number of Topliss-reactive ketones (excluding diaryl/α,β-unsaturated/α-hetero) is 1. The first-order valence-electron chi connectivity index (χ1n) is 20.1. The van der Waals surface area contributed by atoms with E-state index in [-0.39, 0.29) is 47.4 Å². The average molecular weight is 782 g/mol. The van der Waals surface area contributed by atoms with Gasteiger partial charge in [-0.25, -0.2) is 9.97 Å². The van der Waals surface area contributed by atoms with Gasteiger partial charge < -0.3 is 10.2 Å². The Labute approximate surface area is 329 Å². The molecule has 2 amide bonds. The number of nitrogens with one attached hydrogen (secondary N) is 2. The highest BCUT2D eigenvalue weighted by molar-refractivity contribution is 6.01. The lowest BCUT2D eigenvalue weighted by Crippen LogP contribution is -2.54. The number of ketones is 1. The van der Waals surface area contributed by atoms with Crippen LogP contribution in [0.15, 0.2) is 53.6 Å². The molecule has 0 spiro atoms. The third kappa shape index (κ3) is 8.04. The molecule has 15 heteroatoms. The number of rotatable bonds is 10. The molecule has 4 aliphatic rings. The molecule has 4 aromatic rings. The van der Waals surface area contributed by atoms with Crippen molar-refractivity contribution >= 4 is 46.1 Å². The van der Waals surface area contributed by atoms with E-state index in [1.54, 1.807) is 29.8 Å². The molecule has 1 aromatic carbocycles. The third-order valence-corrected chi connectivity index (χ3v) is 12.4. The maximum Gasteiger partial charge on any atom is 0.285 e. The molecule has 3 aliphatic heterocycles. The Hall–Kier alpha value is -5.15. The summed E-state index contributed by atoms with van der Waals surface area (Å²) in [6.07, 6.45) is 9.47. The van der Waals surface area contributed by atoms with E-state index in [0.29, 0.717) is 59.5 Å². The van der Waals surface area contributed by atoms with Gasteiger partial charge in [0, 0.05) is 61.8 Å². The highest BCUT2D eigenvalue weighted by Gasteiger charge is 2.38. The highest BCUT2D eigenvalue weighted by atomic mass is 19.3. The minimum atomic E-state index is -3.07. The molecular formula is C42H49F2N9O4. The number of piperidine rings is 2. The first-order chi connectivity index (χ1) is 27.4. The zero-order valence-corrected chi connectivity index (χ0v) is 32.5. The van der Waals surface area contributed by atoms with Crippen LogP contribution < -0.4 is 21.1 Å². The van der Waals surface area contributed by atoms with Gasteiger partial charge in [-0.15, -0.1) is 0 Å². The maximum absolute atomic E-state index is 15.6. The van der Waals surface area contributed by atoms with Gasteiger partial charge in [-0.2, -0.15) is 13.8 Å². The standard InChI is InChI=1S/C42H49F2N9O4/c1-26-34-24-46-41(49-38(34)53(31-8-3-4-9-31)40(57)37(26)27(2)54)47-35-12-10-32(23-45-35)52-20-18-51(19-21-52)30-14-16-50(17-15-30)25-42(43,44)29-7-5-6-28(22-29)33-11-13-36(55)48-39(33)56/h5-7,10,12,22-24,30-31,33H,3-4,8-9,11,13-21,25H2,1-2H3,(H,48,55,56)(H,45,46,47,49). The van der Waals surface area contributed by atoms with Gasteiger partial charge in [0.2, 0.25) is 17.8 Å². The van der Waals surface area contributed by atoms with Gasteiger partial charge >= 0.3 is 0 Å². The minimum absolute atomic E-state index is 0.00425. The fraction of sp³-hybridized carbons (Fsp3) is 0.500. The predicted octanol–water partition coefficient (Wildman–Crippen LogP) is 5.45. The summed E-state index contributed by atoms with van der Waals surface area (Å²) in [6.45, 7) is 7.39. The molecule has 1 unspecified atom stereocenters. The second kappa shape index (κ2) is 16.0. The van der Waals surface area contributed by atoms with Gasteiger partial charge in [0.15, 0.2) is 5.78 Å². The van der Waals surface area contributed by atoms with E-state index in [9.17, 15) is 19.2 Å². The van der Waals surface area contributed by atoms with E-state index in [2.05, 4.69) is 30.4 Å². The summed E-state index contributed by atoms with van der Waals surface area (Å²) < 4.78 is 32.8. The number of amides is 2. The van der Waals surface area contributed by atoms with Crippen molar-refractivity contribution in [1.82, 2.24) is 34.6 Å². The molecular weight excluding hydrogens is 733 g/mol. The molecule has 3 aromatic heterocycles. The number of carbonyl (C=O) groups is 3. The zero-order chi connectivity index (χ0) is 39.8. The Balaban J connectivity index is 0.842. The number of alkyl halides is 2. The summed E-state index contributed by atoms with van der Waals surface area (Å²) >= 11 is 0. The minimum Gasteiger partial charge on any atom is -0.368 e. The van der Waals surface area contributed by atoms with Crippen LogP contribution in [0.25, 0.3) is 11.0 Å². The van der Waals surface area contributed by atoms with Crippen LogP contribution in [0.3, 0.4) is 0 Å². The number of benzene rings is 1. The Bertz CT molecular complexity index is 2230. The Morgan fingerprint density at radius 1 is 0.912 bits per heavy atom. The van der Waals surface area contributed by atoms with Crippen molar-refractivity contribution in [2.24, 2.45) is 0 Å². The quantitative estimate of drug-likeness (QED) is 0.157.